The molecule has 0 atom stereocenters. The zero-order valence-corrected chi connectivity index (χ0v) is 12.4. The zero-order valence-electron chi connectivity index (χ0n) is 12.4. The van der Waals surface area contributed by atoms with Gasteiger partial charge in [0.1, 0.15) is 5.75 Å². The summed E-state index contributed by atoms with van der Waals surface area (Å²) in [5.41, 5.74) is 0.367. The van der Waals surface area contributed by atoms with Crippen molar-refractivity contribution in [1.82, 2.24) is 9.80 Å². The monoisotopic (exact) mass is 315 g/mol. The van der Waals surface area contributed by atoms with Gasteiger partial charge in [0.15, 0.2) is 5.76 Å². The molecule has 1 fully saturated rings. The molecule has 1 aromatic heterocycles. The van der Waals surface area contributed by atoms with E-state index in [0.29, 0.717) is 37.6 Å². The maximum atomic E-state index is 12.2. The van der Waals surface area contributed by atoms with Crippen LogP contribution >= 0.6 is 0 Å². The molecule has 3 amide bonds. The summed E-state index contributed by atoms with van der Waals surface area (Å²) in [4.78, 5) is 27.6. The SMILES string of the molecule is O=C(Nc1ccccc1O)N1CCN(C(=O)c2ccco2)CC1. The third-order valence-corrected chi connectivity index (χ3v) is 3.73. The molecule has 0 unspecified atom stereocenters. The predicted octanol–water partition coefficient (Wildman–Crippen LogP) is 1.98. The first-order chi connectivity index (χ1) is 11.1. The summed E-state index contributed by atoms with van der Waals surface area (Å²) >= 11 is 0. The second-order valence-electron chi connectivity index (χ2n) is 5.20. The van der Waals surface area contributed by atoms with Crippen LogP contribution in [0.3, 0.4) is 0 Å². The molecule has 2 heterocycles. The fourth-order valence-corrected chi connectivity index (χ4v) is 2.44. The van der Waals surface area contributed by atoms with Crippen LogP contribution in [0.4, 0.5) is 10.5 Å². The van der Waals surface area contributed by atoms with Crippen LogP contribution in [-0.2, 0) is 0 Å². The summed E-state index contributed by atoms with van der Waals surface area (Å²) in [6.07, 6.45) is 1.46. The number of urea groups is 1. The Labute approximate surface area is 133 Å². The average Bonchev–Trinajstić information content (AvgIpc) is 3.11. The number of amides is 3. The van der Waals surface area contributed by atoms with Crippen molar-refractivity contribution in [2.24, 2.45) is 0 Å². The molecule has 3 rings (SSSR count). The van der Waals surface area contributed by atoms with Crippen LogP contribution in [0.15, 0.2) is 47.1 Å². The number of phenols is 1. The lowest BCUT2D eigenvalue weighted by atomic mass is 10.3. The number of nitrogens with zero attached hydrogens (tertiary/aromatic N) is 2. The molecule has 7 heteroatoms. The number of benzene rings is 1. The second kappa shape index (κ2) is 6.43. The minimum Gasteiger partial charge on any atom is -0.506 e. The fraction of sp³-hybridized carbons (Fsp3) is 0.250. The van der Waals surface area contributed by atoms with Gasteiger partial charge in [0.2, 0.25) is 0 Å². The Morgan fingerprint density at radius 1 is 1.00 bits per heavy atom. The summed E-state index contributed by atoms with van der Waals surface area (Å²) < 4.78 is 5.10. The molecule has 0 saturated carbocycles. The van der Waals surface area contributed by atoms with E-state index in [4.69, 9.17) is 4.42 Å². The highest BCUT2D eigenvalue weighted by Crippen LogP contribution is 2.22. The van der Waals surface area contributed by atoms with Crippen LogP contribution in [0.25, 0.3) is 0 Å². The third-order valence-electron chi connectivity index (χ3n) is 3.73. The van der Waals surface area contributed by atoms with E-state index in [1.165, 1.54) is 12.3 Å². The first kappa shape index (κ1) is 15.0. The molecule has 0 aliphatic carbocycles. The Bertz CT molecular complexity index is 691. The quantitative estimate of drug-likeness (QED) is 0.830. The van der Waals surface area contributed by atoms with E-state index in [1.54, 1.807) is 40.1 Å². The Morgan fingerprint density at radius 3 is 2.35 bits per heavy atom. The highest BCUT2D eigenvalue weighted by molar-refractivity contribution is 5.93. The lowest BCUT2D eigenvalue weighted by Gasteiger charge is -2.34. The summed E-state index contributed by atoms with van der Waals surface area (Å²) in [5, 5.41) is 12.3. The average molecular weight is 315 g/mol. The number of hydrogen-bond donors (Lipinski definition) is 2. The maximum absolute atomic E-state index is 12.2. The fourth-order valence-electron chi connectivity index (χ4n) is 2.44. The van der Waals surface area contributed by atoms with Crippen molar-refractivity contribution in [1.29, 1.82) is 0 Å². The number of hydrogen-bond acceptors (Lipinski definition) is 4. The van der Waals surface area contributed by atoms with Gasteiger partial charge in [0, 0.05) is 26.2 Å². The molecular weight excluding hydrogens is 298 g/mol. The molecule has 7 nitrogen and oxygen atoms in total. The Hall–Kier alpha value is -2.96. The van der Waals surface area contributed by atoms with E-state index in [1.807, 2.05) is 0 Å². The number of carbonyl (C=O) groups is 2. The van der Waals surface area contributed by atoms with Crippen LogP contribution in [0.5, 0.6) is 5.75 Å². The molecule has 2 aromatic rings. The minimum atomic E-state index is -0.295. The first-order valence-corrected chi connectivity index (χ1v) is 7.32. The molecule has 2 N–H and O–H groups in total. The van der Waals surface area contributed by atoms with Gasteiger partial charge in [-0.3, -0.25) is 4.79 Å². The topological polar surface area (TPSA) is 86.0 Å². The smallest absolute Gasteiger partial charge is 0.322 e. The zero-order chi connectivity index (χ0) is 16.2. The van der Waals surface area contributed by atoms with E-state index in [-0.39, 0.29) is 17.7 Å². The first-order valence-electron chi connectivity index (χ1n) is 7.32. The Morgan fingerprint density at radius 2 is 1.70 bits per heavy atom. The summed E-state index contributed by atoms with van der Waals surface area (Å²) in [6, 6.07) is 9.55. The number of rotatable bonds is 2. The van der Waals surface area contributed by atoms with Gasteiger partial charge in [-0.05, 0) is 24.3 Å². The van der Waals surface area contributed by atoms with E-state index in [0.717, 1.165) is 0 Å². The molecule has 1 saturated heterocycles. The standard InChI is InChI=1S/C16H17N3O4/c20-13-5-2-1-4-12(13)17-16(22)19-9-7-18(8-10-19)15(21)14-6-3-11-23-14/h1-6,11,20H,7-10H2,(H,17,22). The molecule has 120 valence electrons. The highest BCUT2D eigenvalue weighted by atomic mass is 16.3. The molecule has 0 spiro atoms. The lowest BCUT2D eigenvalue weighted by molar-refractivity contribution is 0.0640. The van der Waals surface area contributed by atoms with Crippen molar-refractivity contribution in [2.75, 3.05) is 31.5 Å². The number of nitrogens with one attached hydrogen (secondary N) is 1. The lowest BCUT2D eigenvalue weighted by Crippen LogP contribution is -2.51. The van der Waals surface area contributed by atoms with Crippen molar-refractivity contribution in [2.45, 2.75) is 0 Å². The van der Waals surface area contributed by atoms with Gasteiger partial charge in [-0.2, -0.15) is 0 Å². The summed E-state index contributed by atoms with van der Waals surface area (Å²) in [6.45, 7) is 1.72. The van der Waals surface area contributed by atoms with E-state index >= 15 is 0 Å². The minimum absolute atomic E-state index is 0.0208. The molecule has 0 radical (unpaired) electrons. The summed E-state index contributed by atoms with van der Waals surface area (Å²) in [5.74, 6) is 0.153. The highest BCUT2D eigenvalue weighted by Gasteiger charge is 2.26. The van der Waals surface area contributed by atoms with Crippen LogP contribution in [-0.4, -0.2) is 53.0 Å². The second-order valence-corrected chi connectivity index (χ2v) is 5.20. The molecule has 23 heavy (non-hydrogen) atoms. The van der Waals surface area contributed by atoms with Crippen molar-refractivity contribution < 1.29 is 19.1 Å². The van der Waals surface area contributed by atoms with Crippen LogP contribution in [0.1, 0.15) is 10.6 Å². The van der Waals surface area contributed by atoms with Gasteiger partial charge in [-0.15, -0.1) is 0 Å². The summed E-state index contributed by atoms with van der Waals surface area (Å²) in [7, 11) is 0. The van der Waals surface area contributed by atoms with E-state index < -0.39 is 0 Å². The molecule has 1 aliphatic heterocycles. The van der Waals surface area contributed by atoms with Crippen LogP contribution < -0.4 is 5.32 Å². The van der Waals surface area contributed by atoms with Crippen molar-refractivity contribution >= 4 is 17.6 Å². The van der Waals surface area contributed by atoms with Crippen molar-refractivity contribution in [3.8, 4) is 5.75 Å². The Kier molecular flexibility index (Phi) is 4.18. The third kappa shape index (κ3) is 3.28. The van der Waals surface area contributed by atoms with Crippen molar-refractivity contribution in [3.05, 3.63) is 48.4 Å². The van der Waals surface area contributed by atoms with Crippen LogP contribution in [0, 0.1) is 0 Å². The maximum Gasteiger partial charge on any atom is 0.322 e. The normalized spacial score (nSPS) is 14.6. The van der Waals surface area contributed by atoms with Gasteiger partial charge in [0.05, 0.1) is 12.0 Å². The van der Waals surface area contributed by atoms with Gasteiger partial charge in [0.25, 0.3) is 5.91 Å². The number of para-hydroxylation sites is 2. The number of piperazine rings is 1. The molecule has 1 aliphatic rings. The molecule has 0 bridgehead atoms. The largest absolute Gasteiger partial charge is 0.506 e. The Balaban J connectivity index is 1.55. The van der Waals surface area contributed by atoms with Crippen molar-refractivity contribution in [3.63, 3.8) is 0 Å². The number of anilines is 1. The van der Waals surface area contributed by atoms with Gasteiger partial charge in [-0.1, -0.05) is 12.1 Å². The number of phenolic OH excluding ortho intramolecular Hbond substituents is 1. The number of carbonyl (C=O) groups excluding carboxylic acids is 2. The number of aromatic hydroxyl groups is 1. The molecular formula is C16H17N3O4. The predicted molar refractivity (Wildman–Crippen MR) is 83.3 cm³/mol. The van der Waals surface area contributed by atoms with E-state index in [2.05, 4.69) is 5.32 Å². The van der Waals surface area contributed by atoms with E-state index in [9.17, 15) is 14.7 Å². The van der Waals surface area contributed by atoms with Crippen LogP contribution in [0.2, 0.25) is 0 Å². The van der Waals surface area contributed by atoms with Gasteiger partial charge >= 0.3 is 6.03 Å². The number of furan rings is 1. The molecule has 1 aromatic carbocycles. The van der Waals surface area contributed by atoms with Gasteiger partial charge < -0.3 is 24.6 Å². The van der Waals surface area contributed by atoms with Gasteiger partial charge in [-0.25, -0.2) is 4.79 Å².